The van der Waals surface area contributed by atoms with Gasteiger partial charge in [-0.15, -0.1) is 0 Å². The topological polar surface area (TPSA) is 83.8 Å². The van der Waals surface area contributed by atoms with E-state index < -0.39 is 15.9 Å². The Morgan fingerprint density at radius 3 is 2.26 bits per heavy atom. The maximum absolute atomic E-state index is 13.3. The summed E-state index contributed by atoms with van der Waals surface area (Å²) in [6.45, 7) is 3.80. The monoisotopic (exact) mass is 592 g/mol. The lowest BCUT2D eigenvalue weighted by Crippen LogP contribution is -2.40. The summed E-state index contributed by atoms with van der Waals surface area (Å²) < 4.78 is 31.0. The highest BCUT2D eigenvalue weighted by molar-refractivity contribution is 9.10. The first-order valence-electron chi connectivity index (χ1n) is 12.1. The largest absolute Gasteiger partial charge is 0.318 e. The van der Waals surface area contributed by atoms with Crippen LogP contribution in [-0.2, 0) is 21.2 Å². The van der Waals surface area contributed by atoms with E-state index in [0.29, 0.717) is 6.42 Å². The quantitative estimate of drug-likeness (QED) is 0.202. The van der Waals surface area contributed by atoms with Crippen molar-refractivity contribution in [2.24, 2.45) is 5.10 Å². The fourth-order valence-electron chi connectivity index (χ4n) is 4.20. The van der Waals surface area contributed by atoms with Gasteiger partial charge in [-0.2, -0.15) is 9.41 Å². The second-order valence-electron chi connectivity index (χ2n) is 8.82. The SMILES string of the molecule is Cc1cc(/C=N\NC(=O)CN(CCc2ccccc2)S(=O)(=O)c2ccccc2)c(C)n1-c1ccc(Br)cc1. The van der Waals surface area contributed by atoms with Crippen LogP contribution in [0.5, 0.6) is 0 Å². The molecule has 1 N–H and O–H groups in total. The van der Waals surface area contributed by atoms with E-state index in [1.807, 2.05) is 74.5 Å². The first-order chi connectivity index (χ1) is 18.3. The summed E-state index contributed by atoms with van der Waals surface area (Å²) in [4.78, 5) is 12.9. The standard InChI is InChI=1S/C29H29BrN4O3S/c1-22-19-25(23(2)34(22)27-15-13-26(30)14-16-27)20-31-32-29(35)21-33(18-17-24-9-5-3-6-10-24)38(36,37)28-11-7-4-8-12-28/h3-16,19-20H,17-18,21H2,1-2H3,(H,32,35)/b31-20-. The molecule has 4 rings (SSSR count). The predicted molar refractivity (Wildman–Crippen MR) is 154 cm³/mol. The van der Waals surface area contributed by atoms with Crippen molar-refractivity contribution in [2.45, 2.75) is 25.2 Å². The molecule has 0 atom stereocenters. The minimum atomic E-state index is -3.87. The summed E-state index contributed by atoms with van der Waals surface area (Å²) >= 11 is 3.46. The molecule has 0 saturated heterocycles. The van der Waals surface area contributed by atoms with Gasteiger partial charge in [-0.1, -0.05) is 64.5 Å². The number of aryl methyl sites for hydroxylation is 1. The Labute approximate surface area is 232 Å². The number of hydrogen-bond donors (Lipinski definition) is 1. The van der Waals surface area contributed by atoms with Crippen LogP contribution in [0, 0.1) is 13.8 Å². The lowest BCUT2D eigenvalue weighted by Gasteiger charge is -2.21. The van der Waals surface area contributed by atoms with E-state index in [9.17, 15) is 13.2 Å². The number of amides is 1. The van der Waals surface area contributed by atoms with Gasteiger partial charge in [0.15, 0.2) is 0 Å². The molecule has 0 aliphatic carbocycles. The molecule has 0 bridgehead atoms. The second-order valence-corrected chi connectivity index (χ2v) is 11.7. The summed E-state index contributed by atoms with van der Waals surface area (Å²) in [6.07, 6.45) is 2.06. The van der Waals surface area contributed by atoms with Gasteiger partial charge < -0.3 is 4.57 Å². The average Bonchev–Trinajstić information content (AvgIpc) is 3.20. The van der Waals surface area contributed by atoms with Crippen molar-refractivity contribution in [2.75, 3.05) is 13.1 Å². The normalized spacial score (nSPS) is 11.8. The molecule has 0 aliphatic heterocycles. The van der Waals surface area contributed by atoms with Gasteiger partial charge >= 0.3 is 0 Å². The van der Waals surface area contributed by atoms with Gasteiger partial charge in [-0.3, -0.25) is 4.79 Å². The number of aromatic nitrogens is 1. The van der Waals surface area contributed by atoms with Crippen LogP contribution in [-0.4, -0.2) is 42.5 Å². The van der Waals surface area contributed by atoms with E-state index in [2.05, 4.69) is 31.0 Å². The summed E-state index contributed by atoms with van der Waals surface area (Å²) in [5.74, 6) is -0.518. The van der Waals surface area contributed by atoms with E-state index in [-0.39, 0.29) is 18.0 Å². The molecule has 196 valence electrons. The molecule has 0 fully saturated rings. The number of hydrogen-bond acceptors (Lipinski definition) is 4. The number of benzene rings is 3. The van der Waals surface area contributed by atoms with Crippen LogP contribution in [0.4, 0.5) is 0 Å². The zero-order valence-corrected chi connectivity index (χ0v) is 23.6. The van der Waals surface area contributed by atoms with E-state index in [4.69, 9.17) is 0 Å². The van der Waals surface area contributed by atoms with Gasteiger partial charge in [-0.05, 0) is 68.3 Å². The first-order valence-corrected chi connectivity index (χ1v) is 14.3. The highest BCUT2D eigenvalue weighted by Gasteiger charge is 2.26. The number of nitrogens with one attached hydrogen (secondary N) is 1. The molecule has 4 aromatic rings. The average molecular weight is 594 g/mol. The third-order valence-corrected chi connectivity index (χ3v) is 8.53. The maximum Gasteiger partial charge on any atom is 0.255 e. The Morgan fingerprint density at radius 1 is 0.974 bits per heavy atom. The first kappa shape index (κ1) is 27.5. The van der Waals surface area contributed by atoms with E-state index in [1.54, 1.807) is 24.4 Å². The lowest BCUT2D eigenvalue weighted by molar-refractivity contribution is -0.121. The second kappa shape index (κ2) is 12.3. The van der Waals surface area contributed by atoms with E-state index in [0.717, 1.165) is 32.7 Å². The van der Waals surface area contributed by atoms with Gasteiger partial charge in [0, 0.05) is 33.7 Å². The van der Waals surface area contributed by atoms with Crippen molar-refractivity contribution in [3.05, 3.63) is 118 Å². The third-order valence-electron chi connectivity index (χ3n) is 6.14. The van der Waals surface area contributed by atoms with Gasteiger partial charge in [0.2, 0.25) is 10.0 Å². The summed E-state index contributed by atoms with van der Waals surface area (Å²) in [5.41, 5.74) is 7.35. The van der Waals surface area contributed by atoms with Crippen molar-refractivity contribution in [1.82, 2.24) is 14.3 Å². The molecule has 0 unspecified atom stereocenters. The zero-order chi connectivity index (χ0) is 27.1. The van der Waals surface area contributed by atoms with Crippen LogP contribution in [0.1, 0.15) is 22.5 Å². The Balaban J connectivity index is 1.47. The van der Waals surface area contributed by atoms with Crippen LogP contribution in [0.3, 0.4) is 0 Å². The number of carbonyl (C=O) groups is 1. The minimum absolute atomic E-state index is 0.143. The molecule has 1 amide bonds. The molecule has 7 nitrogen and oxygen atoms in total. The number of rotatable bonds is 10. The Morgan fingerprint density at radius 2 is 1.61 bits per heavy atom. The molecule has 9 heteroatoms. The van der Waals surface area contributed by atoms with Crippen LogP contribution >= 0.6 is 15.9 Å². The van der Waals surface area contributed by atoms with Crippen molar-refractivity contribution in [3.8, 4) is 5.69 Å². The summed E-state index contributed by atoms with van der Waals surface area (Å²) in [7, 11) is -3.87. The number of carbonyl (C=O) groups excluding carboxylic acids is 1. The number of nitrogens with zero attached hydrogens (tertiary/aromatic N) is 3. The highest BCUT2D eigenvalue weighted by atomic mass is 79.9. The zero-order valence-electron chi connectivity index (χ0n) is 21.2. The van der Waals surface area contributed by atoms with Crippen molar-refractivity contribution < 1.29 is 13.2 Å². The molecular formula is C29H29BrN4O3S. The molecule has 38 heavy (non-hydrogen) atoms. The fraction of sp³-hybridized carbons (Fsp3) is 0.172. The maximum atomic E-state index is 13.3. The van der Waals surface area contributed by atoms with Gasteiger partial charge in [0.25, 0.3) is 5.91 Å². The third kappa shape index (κ3) is 6.66. The molecule has 3 aromatic carbocycles. The molecule has 0 aliphatic rings. The molecular weight excluding hydrogens is 564 g/mol. The van der Waals surface area contributed by atoms with Gasteiger partial charge in [-0.25, -0.2) is 13.8 Å². The van der Waals surface area contributed by atoms with E-state index in [1.165, 1.54) is 16.4 Å². The van der Waals surface area contributed by atoms with Crippen LogP contribution in [0.15, 0.2) is 105 Å². The molecule has 0 spiro atoms. The summed E-state index contributed by atoms with van der Waals surface area (Å²) in [6, 6.07) is 27.7. The van der Waals surface area contributed by atoms with Gasteiger partial charge in [0.05, 0.1) is 17.7 Å². The Kier molecular flexibility index (Phi) is 8.93. The highest BCUT2D eigenvalue weighted by Crippen LogP contribution is 2.21. The van der Waals surface area contributed by atoms with Crippen LogP contribution in [0.25, 0.3) is 5.69 Å². The Bertz CT molecular complexity index is 1520. The Hall–Kier alpha value is -3.53. The fourth-order valence-corrected chi connectivity index (χ4v) is 5.88. The van der Waals surface area contributed by atoms with Crippen molar-refractivity contribution in [3.63, 3.8) is 0 Å². The van der Waals surface area contributed by atoms with Gasteiger partial charge in [0.1, 0.15) is 0 Å². The predicted octanol–water partition coefficient (Wildman–Crippen LogP) is 5.24. The number of sulfonamides is 1. The molecule has 1 heterocycles. The minimum Gasteiger partial charge on any atom is -0.318 e. The number of halogens is 1. The van der Waals surface area contributed by atoms with Crippen LogP contribution in [0.2, 0.25) is 0 Å². The lowest BCUT2D eigenvalue weighted by atomic mass is 10.1. The molecule has 0 saturated carbocycles. The van der Waals surface area contributed by atoms with E-state index >= 15 is 0 Å². The van der Waals surface area contributed by atoms with Crippen molar-refractivity contribution in [1.29, 1.82) is 0 Å². The summed E-state index contributed by atoms with van der Waals surface area (Å²) in [5, 5.41) is 4.12. The molecule has 0 radical (unpaired) electrons. The molecule has 1 aromatic heterocycles. The smallest absolute Gasteiger partial charge is 0.255 e. The van der Waals surface area contributed by atoms with Crippen molar-refractivity contribution >= 4 is 38.1 Å². The number of hydrazone groups is 1. The van der Waals surface area contributed by atoms with Crippen LogP contribution < -0.4 is 5.43 Å².